The van der Waals surface area contributed by atoms with E-state index < -0.39 is 0 Å². The van der Waals surface area contributed by atoms with Gasteiger partial charge in [-0.2, -0.15) is 30.2 Å². The largest absolute Gasteiger partial charge is 1.00 e. The van der Waals surface area contributed by atoms with E-state index >= 15 is 0 Å². The smallest absolute Gasteiger partial charge is 1.00 e. The van der Waals surface area contributed by atoms with Gasteiger partial charge in [0, 0.05) is 0 Å². The molecule has 3 heteroatoms. The van der Waals surface area contributed by atoms with E-state index in [-0.39, 0.29) is 41.1 Å². The second-order valence-electron chi connectivity index (χ2n) is 16.5. The predicted molar refractivity (Wildman–Crippen MR) is 182 cm³/mol. The molecule has 0 amide bonds. The molecule has 6 rings (SSSR count). The molecule has 0 aromatic heterocycles. The first kappa shape index (κ1) is 39.3. The molecule has 0 heterocycles. The molecule has 0 saturated carbocycles. The molecular formula is C41H56Cl2Zr-2. The molecule has 3 aliphatic rings. The van der Waals surface area contributed by atoms with Crippen LogP contribution >= 0.6 is 0 Å². The average Bonchev–Trinajstić information content (AvgIpc) is 3.52. The monoisotopic (exact) mass is 708 g/mol. The van der Waals surface area contributed by atoms with E-state index in [2.05, 4.69) is 145 Å². The second-order valence-corrected chi connectivity index (χ2v) is 19.0. The Bertz CT molecular complexity index is 1440. The quantitative estimate of drug-likeness (QED) is 0.218. The minimum atomic E-state index is 0. The van der Waals surface area contributed by atoms with E-state index in [4.69, 9.17) is 0 Å². The maximum atomic E-state index is 2.59. The van der Waals surface area contributed by atoms with Crippen molar-refractivity contribution in [3.8, 4) is 11.1 Å². The van der Waals surface area contributed by atoms with Crippen LogP contribution in [0, 0.1) is 12.3 Å². The molecule has 44 heavy (non-hydrogen) atoms. The summed E-state index contributed by atoms with van der Waals surface area (Å²) in [4.78, 5) is 0. The fourth-order valence-electron chi connectivity index (χ4n) is 7.34. The summed E-state index contributed by atoms with van der Waals surface area (Å²) >= 11 is 1.55. The molecule has 0 spiro atoms. The summed E-state index contributed by atoms with van der Waals surface area (Å²) in [5.74, 6) is 1.33. The van der Waals surface area contributed by atoms with Crippen molar-refractivity contribution in [2.24, 2.45) is 5.92 Å². The van der Waals surface area contributed by atoms with E-state index in [1.54, 1.807) is 57.6 Å². The van der Waals surface area contributed by atoms with Crippen LogP contribution in [0.1, 0.15) is 148 Å². The molecule has 3 aromatic rings. The zero-order valence-electron chi connectivity index (χ0n) is 29.7. The third-order valence-corrected chi connectivity index (χ3v) is 10.4. The second kappa shape index (κ2) is 14.1. The number of halogens is 2. The third kappa shape index (κ3) is 7.97. The third-order valence-electron chi connectivity index (χ3n) is 10.4. The normalized spacial score (nSPS) is 21.2. The molecule has 0 N–H and O–H groups in total. The van der Waals surface area contributed by atoms with Crippen molar-refractivity contribution >= 4 is 3.21 Å². The topological polar surface area (TPSA) is 0 Å². The van der Waals surface area contributed by atoms with E-state index in [1.165, 1.54) is 32.7 Å². The molecule has 0 fully saturated rings. The molecular weight excluding hydrogens is 655 g/mol. The van der Waals surface area contributed by atoms with Crippen LogP contribution in [0.5, 0.6) is 0 Å². The van der Waals surface area contributed by atoms with Crippen molar-refractivity contribution in [1.29, 1.82) is 0 Å². The van der Waals surface area contributed by atoms with Gasteiger partial charge in [-0.1, -0.05) is 111 Å². The van der Waals surface area contributed by atoms with E-state index in [1.807, 2.05) is 0 Å². The van der Waals surface area contributed by atoms with Gasteiger partial charge in [-0.05, 0) is 74.5 Å². The van der Waals surface area contributed by atoms with Crippen molar-refractivity contribution in [3.63, 3.8) is 0 Å². The predicted octanol–water partition coefficient (Wildman–Crippen LogP) is 5.30. The number of benzene rings is 2. The average molecular weight is 711 g/mol. The summed E-state index contributed by atoms with van der Waals surface area (Å²) in [6.07, 6.45) is 6.08. The Morgan fingerprint density at radius 2 is 1.39 bits per heavy atom. The van der Waals surface area contributed by atoms with Gasteiger partial charge >= 0.3 is 41.3 Å². The van der Waals surface area contributed by atoms with Gasteiger partial charge in [0.1, 0.15) is 0 Å². The first-order valence-electron chi connectivity index (χ1n) is 16.2. The summed E-state index contributed by atoms with van der Waals surface area (Å²) in [7, 11) is 0. The zero-order valence-corrected chi connectivity index (χ0v) is 33.7. The Morgan fingerprint density at radius 1 is 0.841 bits per heavy atom. The Morgan fingerprint density at radius 3 is 1.89 bits per heavy atom. The van der Waals surface area contributed by atoms with E-state index in [9.17, 15) is 0 Å². The van der Waals surface area contributed by atoms with Crippen molar-refractivity contribution in [2.75, 3.05) is 0 Å². The van der Waals surface area contributed by atoms with Crippen molar-refractivity contribution in [3.05, 3.63) is 93.9 Å². The van der Waals surface area contributed by atoms with Gasteiger partial charge in [0.15, 0.2) is 0 Å². The Hall–Kier alpha value is -0.877. The molecule has 0 radical (unpaired) electrons. The van der Waals surface area contributed by atoms with E-state index in [0.29, 0.717) is 17.3 Å². The van der Waals surface area contributed by atoms with Gasteiger partial charge in [-0.3, -0.25) is 0 Å². The van der Waals surface area contributed by atoms with Crippen LogP contribution in [0.15, 0.2) is 48.5 Å². The van der Waals surface area contributed by atoms with Crippen LogP contribution in [-0.2, 0) is 52.3 Å². The minimum Gasteiger partial charge on any atom is -1.00 e. The fraction of sp³-hybridized carbons (Fsp3) is 0.537. The summed E-state index contributed by atoms with van der Waals surface area (Å²) in [6.45, 7) is 30.4. The van der Waals surface area contributed by atoms with Crippen LogP contribution in [-0.4, -0.2) is 3.21 Å². The van der Waals surface area contributed by atoms with Crippen molar-refractivity contribution in [1.82, 2.24) is 0 Å². The standard InChI is InChI=1S/C29H37.C9H13.C3H6.2ClH.Zr/c1-17-9-10-27(3,4)24-12-19-11-20-13-26-25(15-23(20)22(19)14-21(17)24)28(5,6)16-18(2)29(26,7)8;1-9(2,3)8-6-4-5-7-8;1-3-2;;;/h10,12-15,17-18H,9,11,16H2,1-8H3;4-7H,1-3H3;1-2H3;2*1H;/q2*-1;;;;+2/p-2. The van der Waals surface area contributed by atoms with Gasteiger partial charge in [-0.25, -0.2) is 6.07 Å². The molecule has 0 saturated heterocycles. The van der Waals surface area contributed by atoms with Gasteiger partial charge in [0.2, 0.25) is 0 Å². The maximum Gasteiger partial charge on any atom is -1.00 e. The summed E-state index contributed by atoms with van der Waals surface area (Å²) in [5.41, 5.74) is 14.9. The number of hydrogen-bond acceptors (Lipinski definition) is 0. The number of hydrogen-bond donors (Lipinski definition) is 0. The van der Waals surface area contributed by atoms with Crippen LogP contribution in [0.4, 0.5) is 0 Å². The van der Waals surface area contributed by atoms with Gasteiger partial charge in [-0.15, -0.1) is 5.41 Å². The summed E-state index contributed by atoms with van der Waals surface area (Å²) < 4.78 is 1.51. The summed E-state index contributed by atoms with van der Waals surface area (Å²) in [6, 6.07) is 18.8. The van der Waals surface area contributed by atoms with Gasteiger partial charge < -0.3 is 31.2 Å². The Labute approximate surface area is 298 Å². The van der Waals surface area contributed by atoms with Crippen LogP contribution in [0.25, 0.3) is 11.1 Å². The SMILES string of the molecule is CC(C)(C)c1cc[cH-]c1.CC1C[CH-]C(C)(C)c2cc3c(cc21)-c1cc2c(cc1C3)C(C)(C)C(C)CC2(C)C.C[C](C)=[Zr+2].[Cl-].[Cl-]. The van der Waals surface area contributed by atoms with Crippen LogP contribution < -0.4 is 24.8 Å². The molecule has 2 atom stereocenters. The van der Waals surface area contributed by atoms with E-state index in [0.717, 1.165) is 6.42 Å². The minimum absolute atomic E-state index is 0. The molecule has 3 aromatic carbocycles. The number of fused-ring (bicyclic) bond motifs is 5. The Balaban J connectivity index is 0.000000380. The maximum absolute atomic E-state index is 2.59. The van der Waals surface area contributed by atoms with Crippen molar-refractivity contribution in [2.45, 2.75) is 137 Å². The van der Waals surface area contributed by atoms with Crippen LogP contribution in [0.3, 0.4) is 0 Å². The molecule has 3 aliphatic carbocycles. The molecule has 0 bridgehead atoms. The van der Waals surface area contributed by atoms with Crippen molar-refractivity contribution < 1.29 is 49.0 Å². The van der Waals surface area contributed by atoms with Gasteiger partial charge in [0.05, 0.1) is 0 Å². The van der Waals surface area contributed by atoms with Crippen LogP contribution in [0.2, 0.25) is 0 Å². The molecule has 240 valence electrons. The fourth-order valence-corrected chi connectivity index (χ4v) is 7.34. The first-order valence-corrected chi connectivity index (χ1v) is 17.4. The molecule has 0 aliphatic heterocycles. The Kier molecular flexibility index (Phi) is 12.6. The molecule has 2 unspecified atom stereocenters. The zero-order chi connectivity index (χ0) is 31.4. The summed E-state index contributed by atoms with van der Waals surface area (Å²) in [5, 5.41) is 0. The molecule has 0 nitrogen and oxygen atoms in total. The first-order chi connectivity index (χ1) is 19.3. The number of rotatable bonds is 0. The van der Waals surface area contributed by atoms with Gasteiger partial charge in [0.25, 0.3) is 0 Å².